The van der Waals surface area contributed by atoms with Crippen molar-refractivity contribution < 1.29 is 80.2 Å². The van der Waals surface area contributed by atoms with E-state index in [2.05, 4.69) is 16.0 Å². The molecule has 566 valence electrons. The van der Waals surface area contributed by atoms with Crippen LogP contribution in [0, 0.1) is 35.5 Å². The maximum atomic E-state index is 15.5. The Labute approximate surface area is 588 Å². The van der Waals surface area contributed by atoms with Gasteiger partial charge in [-0.05, 0) is 113 Å². The summed E-state index contributed by atoms with van der Waals surface area (Å²) in [7, 11) is 9.72. The Hall–Kier alpha value is -6.68. The number of alkyl halides is 4. The zero-order chi connectivity index (χ0) is 74.4. The third-order valence-corrected chi connectivity index (χ3v) is 22.2. The first kappa shape index (κ1) is 82.3. The number of likely N-dealkylation sites (N-methyl/N-ethyl adjacent to an activating group) is 7. The van der Waals surface area contributed by atoms with E-state index in [0.29, 0.717) is 45.2 Å². The van der Waals surface area contributed by atoms with E-state index in [0.717, 1.165) is 58.1 Å². The minimum Gasteiger partial charge on any atom is -0.391 e. The molecule has 4 N–H and O–H groups in total. The summed E-state index contributed by atoms with van der Waals surface area (Å²) in [6.45, 7) is 9.44. The lowest BCUT2D eigenvalue weighted by Gasteiger charge is -2.41. The van der Waals surface area contributed by atoms with E-state index in [1.54, 1.807) is 11.8 Å². The number of carbonyl (C=O) groups excluding carboxylic acids is 12. The second kappa shape index (κ2) is 36.5. The lowest BCUT2D eigenvalue weighted by Crippen LogP contribution is -2.64. The van der Waals surface area contributed by atoms with Crippen LogP contribution in [0.2, 0.25) is 0 Å². The van der Waals surface area contributed by atoms with Crippen molar-refractivity contribution in [3.05, 3.63) is 0 Å². The average Bonchev–Trinajstić information content (AvgIpc) is 1.51. The third kappa shape index (κ3) is 21.2. The molecule has 25 nitrogen and oxygen atoms in total. The maximum absolute atomic E-state index is 15.5. The smallest absolute Gasteiger partial charge is 0.391 e. The monoisotopic (exact) mass is 1420 g/mol. The molecule has 0 aromatic carbocycles. The van der Waals surface area contributed by atoms with Crippen LogP contribution in [0.1, 0.15) is 189 Å². The lowest BCUT2D eigenvalue weighted by atomic mass is 9.78. The average molecular weight is 1420 g/mol. The zero-order valence-electron chi connectivity index (χ0n) is 61.5. The number of hydrogen-bond donors (Lipinski definition) is 4. The molecular formula is C71H116F4N12O13. The Kier molecular flexibility index (Phi) is 30.0. The van der Waals surface area contributed by atoms with Crippen molar-refractivity contribution in [1.82, 2.24) is 60.0 Å². The summed E-state index contributed by atoms with van der Waals surface area (Å²) in [5.41, 5.74) is -1.68. The number of carbonyl (C=O) groups is 12. The predicted octanol–water partition coefficient (Wildman–Crippen LogP) is 4.65. The number of likely N-dealkylation sites (tertiary alicyclic amines) is 1. The molecule has 0 bridgehead atoms. The van der Waals surface area contributed by atoms with Gasteiger partial charge in [-0.15, -0.1) is 0 Å². The number of halogens is 4. The van der Waals surface area contributed by atoms with Crippen LogP contribution in [0.3, 0.4) is 0 Å². The van der Waals surface area contributed by atoms with E-state index in [4.69, 9.17) is 0 Å². The van der Waals surface area contributed by atoms with E-state index < -0.39 is 200 Å². The zero-order valence-corrected chi connectivity index (χ0v) is 61.5. The topological polar surface area (TPSA) is 290 Å². The number of aliphatic hydroxyl groups is 1. The number of aliphatic hydroxyl groups excluding tert-OH is 1. The molecule has 3 saturated carbocycles. The van der Waals surface area contributed by atoms with Gasteiger partial charge in [-0.2, -0.15) is 13.2 Å². The highest BCUT2D eigenvalue weighted by Crippen LogP contribution is 2.43. The van der Waals surface area contributed by atoms with Crippen LogP contribution in [0.25, 0.3) is 0 Å². The highest BCUT2D eigenvalue weighted by molar-refractivity contribution is 6.00. The van der Waals surface area contributed by atoms with Gasteiger partial charge in [-0.1, -0.05) is 92.9 Å². The van der Waals surface area contributed by atoms with Crippen LogP contribution >= 0.6 is 0 Å². The van der Waals surface area contributed by atoms with Gasteiger partial charge in [-0.3, -0.25) is 57.5 Å². The van der Waals surface area contributed by atoms with Crippen molar-refractivity contribution in [3.8, 4) is 0 Å². The SMILES string of the molecule is CC[C@H](C)[C@@H]1NC(=O)[C@H](CC(C)C)N(C)C(=O)C[C@@H](C(=O)N2CCCCC2)N(C)C(=O)[C@H](CC(C)C)N(C)C(=O)C2(CCCC2)NC(=O)[C@@H]2C[C@H](O)CN2C(=O)[C@H](CCC2CCC(C(F)(F)F)C(F)C2)NC(=O)CN(C)C(=O)[C@H](CC2CCCCC2)N(C)C(=O)CN(C)C(=O)CN(C)C1=O. The number of fused-ring (bicyclic) bond motifs is 1. The van der Waals surface area contributed by atoms with Crippen molar-refractivity contribution in [2.45, 2.75) is 256 Å². The molecule has 100 heavy (non-hydrogen) atoms. The Morgan fingerprint density at radius 1 is 0.590 bits per heavy atom. The standard InChI is InChI=1S/C71H116F4N12O13/c1-14-45(6)61-68(99)81(9)41-59(91)79(7)42-60(92)83(11)55(36-46-23-17-15-18-24-46)65(96)80(8)40-57(89)76-51(28-26-47-25-27-49(50(72)35-47)71(73,74)75)64(95)87-39-48(88)37-53(87)63(94)78-70(29-19-20-30-70)69(100)85(13)54(34-44(4)5)66(97)84(12)56(67(98)86-31-21-16-22-32-86)38-58(90)82(10)52(33-43(2)3)62(93)77-61/h43-56,61,88H,14-42H2,1-13H3,(H,76,89)(H,77,93)(H,78,94)/t45-,47?,48-,49?,50?,51-,52-,53-,54-,55-,56-,61-/m0/s1. The predicted molar refractivity (Wildman–Crippen MR) is 364 cm³/mol. The quantitative estimate of drug-likeness (QED) is 0.194. The van der Waals surface area contributed by atoms with Crippen molar-refractivity contribution in [1.29, 1.82) is 0 Å². The minimum atomic E-state index is -4.78. The summed E-state index contributed by atoms with van der Waals surface area (Å²) < 4.78 is 56.8. The summed E-state index contributed by atoms with van der Waals surface area (Å²) >= 11 is 0. The van der Waals surface area contributed by atoms with E-state index in [1.165, 1.54) is 68.9 Å². The van der Waals surface area contributed by atoms with Gasteiger partial charge in [-0.25, -0.2) is 4.39 Å². The molecule has 6 aliphatic rings. The van der Waals surface area contributed by atoms with Crippen LogP contribution in [-0.4, -0.2) is 275 Å². The van der Waals surface area contributed by atoms with Gasteiger partial charge >= 0.3 is 6.18 Å². The summed E-state index contributed by atoms with van der Waals surface area (Å²) in [4.78, 5) is 189. The Balaban J connectivity index is 1.42. The second-order valence-corrected chi connectivity index (χ2v) is 30.8. The Morgan fingerprint density at radius 3 is 1.76 bits per heavy atom. The van der Waals surface area contributed by atoms with E-state index in [-0.39, 0.29) is 75.5 Å². The van der Waals surface area contributed by atoms with Crippen molar-refractivity contribution in [3.63, 3.8) is 0 Å². The van der Waals surface area contributed by atoms with Crippen molar-refractivity contribution in [2.75, 3.05) is 88.6 Å². The van der Waals surface area contributed by atoms with Gasteiger partial charge in [0, 0.05) is 75.4 Å². The molecule has 29 heteroatoms. The Bertz CT molecular complexity index is 2890. The van der Waals surface area contributed by atoms with Gasteiger partial charge < -0.3 is 65.2 Å². The van der Waals surface area contributed by atoms with Crippen LogP contribution in [-0.2, 0) is 57.5 Å². The van der Waals surface area contributed by atoms with Crippen molar-refractivity contribution >= 4 is 70.9 Å². The summed E-state index contributed by atoms with van der Waals surface area (Å²) in [6.07, 6.45) is -2.31. The first-order valence-corrected chi connectivity index (χ1v) is 36.6. The van der Waals surface area contributed by atoms with Gasteiger partial charge in [0.15, 0.2) is 0 Å². The molecule has 3 aliphatic heterocycles. The van der Waals surface area contributed by atoms with Crippen LogP contribution < -0.4 is 16.0 Å². The van der Waals surface area contributed by atoms with E-state index in [9.17, 15) is 56.6 Å². The molecule has 12 atom stereocenters. The molecule has 3 aliphatic carbocycles. The van der Waals surface area contributed by atoms with Crippen LogP contribution in [0.5, 0.6) is 0 Å². The molecule has 6 fully saturated rings. The fourth-order valence-electron chi connectivity index (χ4n) is 15.6. The molecule has 12 amide bonds. The number of piperidine rings is 1. The molecule has 3 saturated heterocycles. The molecule has 3 heterocycles. The largest absolute Gasteiger partial charge is 0.394 e. The molecule has 3 unspecified atom stereocenters. The van der Waals surface area contributed by atoms with Gasteiger partial charge in [0.2, 0.25) is 70.9 Å². The number of nitrogens with zero attached hydrogens (tertiary/aromatic N) is 9. The lowest BCUT2D eigenvalue weighted by molar-refractivity contribution is -0.201. The molecule has 1 spiro atoms. The molecule has 6 rings (SSSR count). The maximum Gasteiger partial charge on any atom is 0.394 e. The number of nitrogens with one attached hydrogen (secondary N) is 3. The molecule has 0 aromatic heterocycles. The Morgan fingerprint density at radius 2 is 1.17 bits per heavy atom. The van der Waals surface area contributed by atoms with E-state index >= 15 is 23.6 Å². The molecule has 0 radical (unpaired) electrons. The fourth-order valence-corrected chi connectivity index (χ4v) is 15.6. The highest BCUT2D eigenvalue weighted by Gasteiger charge is 2.52. The minimum absolute atomic E-state index is 0.00784. The van der Waals surface area contributed by atoms with E-state index in [1.807, 2.05) is 34.6 Å². The van der Waals surface area contributed by atoms with Crippen LogP contribution in [0.4, 0.5) is 17.6 Å². The summed E-state index contributed by atoms with van der Waals surface area (Å²) in [5, 5.41) is 19.9. The first-order chi connectivity index (χ1) is 46.9. The summed E-state index contributed by atoms with van der Waals surface area (Å²) in [5.74, 6) is -12.3. The molecule has 0 aromatic rings. The third-order valence-electron chi connectivity index (χ3n) is 22.2. The fraction of sp³-hybridized carbons (Fsp3) is 0.831. The number of hydrogen-bond acceptors (Lipinski definition) is 13. The summed E-state index contributed by atoms with van der Waals surface area (Å²) in [6, 6.07) is -9.32. The number of amides is 12. The van der Waals surface area contributed by atoms with Gasteiger partial charge in [0.1, 0.15) is 54.0 Å². The highest BCUT2D eigenvalue weighted by atomic mass is 19.4. The van der Waals surface area contributed by atoms with Gasteiger partial charge in [0.05, 0.1) is 38.1 Å². The van der Waals surface area contributed by atoms with Gasteiger partial charge in [0.25, 0.3) is 0 Å². The number of rotatable bonds is 12. The first-order valence-electron chi connectivity index (χ1n) is 36.6. The van der Waals surface area contributed by atoms with Crippen molar-refractivity contribution in [2.24, 2.45) is 35.5 Å². The normalized spacial score (nSPS) is 29.8. The van der Waals surface area contributed by atoms with Crippen LogP contribution in [0.15, 0.2) is 0 Å². The second-order valence-electron chi connectivity index (χ2n) is 30.8. The molecular weight excluding hydrogens is 1300 g/mol.